The lowest BCUT2D eigenvalue weighted by atomic mass is 9.84. The van der Waals surface area contributed by atoms with Crippen LogP contribution in [0.4, 0.5) is 0 Å². The van der Waals surface area contributed by atoms with Crippen molar-refractivity contribution in [1.29, 1.82) is 5.26 Å². The number of allylic oxidation sites excluding steroid dienone is 1. The first-order valence-electron chi connectivity index (χ1n) is 11.1. The number of hydrogen-bond donors (Lipinski definition) is 1. The Balaban J connectivity index is 1.78. The second kappa shape index (κ2) is 9.85. The second-order valence-corrected chi connectivity index (χ2v) is 8.16. The fourth-order valence-electron chi connectivity index (χ4n) is 4.40. The molecule has 35 heavy (non-hydrogen) atoms. The zero-order chi connectivity index (χ0) is 25.1. The number of benzene rings is 2. The van der Waals surface area contributed by atoms with E-state index in [0.29, 0.717) is 41.5 Å². The highest BCUT2D eigenvalue weighted by Crippen LogP contribution is 2.41. The van der Waals surface area contributed by atoms with Gasteiger partial charge >= 0.3 is 0 Å². The molecule has 0 aliphatic carbocycles. The highest BCUT2D eigenvalue weighted by Gasteiger charge is 2.34. The van der Waals surface area contributed by atoms with Gasteiger partial charge in [-0.05, 0) is 48.7 Å². The number of nitrogens with two attached hydrogens (primary N) is 1. The number of hydrogen-bond acceptors (Lipinski definition) is 7. The molecule has 1 atom stereocenters. The number of aryl methyl sites for hydroxylation is 2. The van der Waals surface area contributed by atoms with Crippen molar-refractivity contribution in [2.75, 3.05) is 21.3 Å². The molecule has 0 radical (unpaired) electrons. The summed E-state index contributed by atoms with van der Waals surface area (Å²) in [5.74, 6) is 1.58. The minimum Gasteiger partial charge on any atom is -0.497 e. The normalized spacial score (nSPS) is 14.5. The summed E-state index contributed by atoms with van der Waals surface area (Å²) in [6.45, 7) is 2.28. The van der Waals surface area contributed by atoms with Crippen molar-refractivity contribution in [1.82, 2.24) is 4.57 Å². The van der Waals surface area contributed by atoms with Crippen LogP contribution in [0.3, 0.4) is 0 Å². The van der Waals surface area contributed by atoms with Gasteiger partial charge in [-0.2, -0.15) is 5.26 Å². The van der Waals surface area contributed by atoms with Crippen LogP contribution in [0, 0.1) is 18.3 Å². The molecule has 8 heteroatoms. The van der Waals surface area contributed by atoms with Crippen molar-refractivity contribution >= 4 is 0 Å². The van der Waals surface area contributed by atoms with Gasteiger partial charge in [0.2, 0.25) is 5.88 Å². The summed E-state index contributed by atoms with van der Waals surface area (Å²) in [7, 11) is 4.74. The summed E-state index contributed by atoms with van der Waals surface area (Å²) in [6, 6.07) is 16.9. The lowest BCUT2D eigenvalue weighted by molar-refractivity contribution is 0.354. The van der Waals surface area contributed by atoms with Crippen LogP contribution >= 0.6 is 0 Å². The average molecular weight is 474 g/mol. The van der Waals surface area contributed by atoms with E-state index in [9.17, 15) is 10.1 Å². The topological polar surface area (TPSA) is 109 Å². The maximum Gasteiger partial charge on any atom is 0.258 e. The molecule has 2 N–H and O–H groups in total. The molecular formula is C27H27N3O5. The molecule has 2 heterocycles. The molecule has 3 aromatic rings. The van der Waals surface area contributed by atoms with Crippen molar-refractivity contribution in [3.63, 3.8) is 0 Å². The SMILES string of the molecule is COc1cccc([C@@H]2C(C#N)=C(N)Oc3cc(C)n(CCc4ccc(OC)c(OC)c4)c(=O)c32)c1. The Morgan fingerprint density at radius 2 is 1.83 bits per heavy atom. The number of nitrogens with zero attached hydrogens (tertiary/aromatic N) is 2. The predicted octanol–water partition coefficient (Wildman–Crippen LogP) is 3.64. The Kier molecular flexibility index (Phi) is 6.69. The summed E-state index contributed by atoms with van der Waals surface area (Å²) < 4.78 is 23.5. The second-order valence-electron chi connectivity index (χ2n) is 8.16. The van der Waals surface area contributed by atoms with Crippen LogP contribution in [0.5, 0.6) is 23.0 Å². The first-order valence-corrected chi connectivity index (χ1v) is 11.1. The Morgan fingerprint density at radius 3 is 2.51 bits per heavy atom. The first kappa shape index (κ1) is 23.8. The van der Waals surface area contributed by atoms with E-state index in [1.54, 1.807) is 44.1 Å². The van der Waals surface area contributed by atoms with Crippen LogP contribution in [0.25, 0.3) is 0 Å². The monoisotopic (exact) mass is 473 g/mol. The van der Waals surface area contributed by atoms with Gasteiger partial charge in [0.05, 0.1) is 32.8 Å². The highest BCUT2D eigenvalue weighted by atomic mass is 16.5. The lowest BCUT2D eigenvalue weighted by Gasteiger charge is -2.27. The van der Waals surface area contributed by atoms with Crippen molar-refractivity contribution in [2.24, 2.45) is 5.73 Å². The molecule has 0 spiro atoms. The molecule has 0 bridgehead atoms. The molecule has 0 unspecified atom stereocenters. The summed E-state index contributed by atoms with van der Waals surface area (Å²) in [4.78, 5) is 13.8. The fourth-order valence-corrected chi connectivity index (χ4v) is 4.40. The van der Waals surface area contributed by atoms with E-state index in [4.69, 9.17) is 24.7 Å². The van der Waals surface area contributed by atoms with Crippen molar-refractivity contribution < 1.29 is 18.9 Å². The molecule has 0 saturated carbocycles. The number of methoxy groups -OCH3 is 3. The molecule has 180 valence electrons. The third-order valence-electron chi connectivity index (χ3n) is 6.19. The predicted molar refractivity (Wildman–Crippen MR) is 131 cm³/mol. The average Bonchev–Trinajstić information content (AvgIpc) is 2.87. The van der Waals surface area contributed by atoms with Gasteiger partial charge in [-0.3, -0.25) is 4.79 Å². The molecule has 1 aromatic heterocycles. The van der Waals surface area contributed by atoms with Crippen LogP contribution in [0.2, 0.25) is 0 Å². The summed E-state index contributed by atoms with van der Waals surface area (Å²) in [5, 5.41) is 9.87. The number of nitriles is 1. The Labute approximate surface area is 203 Å². The molecule has 0 amide bonds. The maximum absolute atomic E-state index is 13.8. The van der Waals surface area contributed by atoms with E-state index >= 15 is 0 Å². The maximum atomic E-state index is 13.8. The number of rotatable bonds is 7. The molecule has 1 aliphatic heterocycles. The van der Waals surface area contributed by atoms with E-state index in [-0.39, 0.29) is 17.0 Å². The number of ether oxygens (including phenoxy) is 4. The largest absolute Gasteiger partial charge is 0.497 e. The van der Waals surface area contributed by atoms with E-state index in [1.165, 1.54) is 0 Å². The van der Waals surface area contributed by atoms with E-state index in [0.717, 1.165) is 16.8 Å². The van der Waals surface area contributed by atoms with E-state index in [1.807, 2.05) is 37.3 Å². The van der Waals surface area contributed by atoms with Crippen LogP contribution < -0.4 is 30.2 Å². The molecule has 0 saturated heterocycles. The summed E-state index contributed by atoms with van der Waals surface area (Å²) in [5.41, 5.74) is 8.89. The van der Waals surface area contributed by atoms with Crippen molar-refractivity contribution in [3.8, 4) is 29.1 Å². The fraction of sp³-hybridized carbons (Fsp3) is 0.259. The lowest BCUT2D eigenvalue weighted by Crippen LogP contribution is -2.33. The zero-order valence-corrected chi connectivity index (χ0v) is 20.1. The summed E-state index contributed by atoms with van der Waals surface area (Å²) in [6.07, 6.45) is 0.591. The van der Waals surface area contributed by atoms with E-state index in [2.05, 4.69) is 6.07 Å². The van der Waals surface area contributed by atoms with Crippen molar-refractivity contribution in [2.45, 2.75) is 25.8 Å². The standard InChI is InChI=1S/C27H27N3O5/c1-16-12-23-25(24(20(15-28)26(29)35-23)18-6-5-7-19(14-18)32-2)27(31)30(16)11-10-17-8-9-21(33-3)22(13-17)34-4/h5-9,12-14,24H,10-11,29H2,1-4H3/t24-/m1/s1. The van der Waals surface area contributed by atoms with Crippen molar-refractivity contribution in [3.05, 3.63) is 92.7 Å². The Morgan fingerprint density at radius 1 is 1.06 bits per heavy atom. The van der Waals surface area contributed by atoms with Gasteiger partial charge in [0.1, 0.15) is 23.1 Å². The number of fused-ring (bicyclic) bond motifs is 1. The third kappa shape index (κ3) is 4.41. The molecule has 8 nitrogen and oxygen atoms in total. The zero-order valence-electron chi connectivity index (χ0n) is 20.1. The first-order chi connectivity index (χ1) is 16.9. The molecule has 0 fully saturated rings. The van der Waals surface area contributed by atoms with Gasteiger partial charge in [-0.15, -0.1) is 0 Å². The quantitative estimate of drug-likeness (QED) is 0.558. The summed E-state index contributed by atoms with van der Waals surface area (Å²) >= 11 is 0. The minimum atomic E-state index is -0.667. The Bertz CT molecular complexity index is 1400. The molecular weight excluding hydrogens is 446 g/mol. The molecule has 1 aliphatic rings. The van der Waals surface area contributed by atoms with Gasteiger partial charge in [0.15, 0.2) is 11.5 Å². The minimum absolute atomic E-state index is 0.00491. The number of aromatic nitrogens is 1. The third-order valence-corrected chi connectivity index (χ3v) is 6.19. The Hall–Kier alpha value is -4.38. The van der Waals surface area contributed by atoms with Crippen LogP contribution in [0.1, 0.15) is 28.3 Å². The molecule has 4 rings (SSSR count). The molecule has 2 aromatic carbocycles. The number of pyridine rings is 1. The van der Waals surface area contributed by atoms with Gasteiger partial charge in [0, 0.05) is 18.3 Å². The smallest absolute Gasteiger partial charge is 0.258 e. The van der Waals surface area contributed by atoms with Gasteiger partial charge in [0.25, 0.3) is 5.56 Å². The van der Waals surface area contributed by atoms with Crippen LogP contribution in [0.15, 0.2) is 64.8 Å². The van der Waals surface area contributed by atoms with Crippen LogP contribution in [-0.2, 0) is 13.0 Å². The highest BCUT2D eigenvalue weighted by molar-refractivity contribution is 5.56. The van der Waals surface area contributed by atoms with Crippen LogP contribution in [-0.4, -0.2) is 25.9 Å². The van der Waals surface area contributed by atoms with E-state index < -0.39 is 5.92 Å². The van der Waals surface area contributed by atoms with Gasteiger partial charge in [-0.25, -0.2) is 0 Å². The van der Waals surface area contributed by atoms with Gasteiger partial charge in [-0.1, -0.05) is 18.2 Å². The van der Waals surface area contributed by atoms with Gasteiger partial charge < -0.3 is 29.2 Å².